The predicted octanol–water partition coefficient (Wildman–Crippen LogP) is 5.53. The highest BCUT2D eigenvalue weighted by Gasteiger charge is 2.15. The number of rotatable bonds is 6. The van der Waals surface area contributed by atoms with Crippen molar-refractivity contribution < 1.29 is 4.79 Å². The molecule has 0 radical (unpaired) electrons. The quantitative estimate of drug-likeness (QED) is 0.501. The lowest BCUT2D eigenvalue weighted by molar-refractivity contribution is 0.103. The Morgan fingerprint density at radius 3 is 1.90 bits per heavy atom. The van der Waals surface area contributed by atoms with E-state index in [9.17, 15) is 4.79 Å². The molecule has 2 rings (SSSR count). The summed E-state index contributed by atoms with van der Waals surface area (Å²) in [5.41, 5.74) is 3.94. The van der Waals surface area contributed by atoms with E-state index in [1.54, 1.807) is 0 Å². The van der Waals surface area contributed by atoms with Gasteiger partial charge < -0.3 is 0 Å². The van der Waals surface area contributed by atoms with E-state index in [1.165, 1.54) is 0 Å². The first-order valence-electron chi connectivity index (χ1n) is 7.59. The number of benzene rings is 2. The van der Waals surface area contributed by atoms with Crippen molar-refractivity contribution in [3.63, 3.8) is 0 Å². The van der Waals surface area contributed by atoms with Crippen LogP contribution in [0.25, 0.3) is 5.57 Å². The van der Waals surface area contributed by atoms with Gasteiger partial charge in [0.1, 0.15) is 0 Å². The van der Waals surface area contributed by atoms with Crippen LogP contribution in [-0.4, -0.2) is 5.78 Å². The molecule has 1 heteroatoms. The van der Waals surface area contributed by atoms with E-state index < -0.39 is 0 Å². The molecule has 0 heterocycles. The standard InChI is InChI=1S/C20H22O/c1-3-4-15-19(16(2)17-11-7-5-8-12-17)20(21)18-13-9-6-10-14-18/h5-14H,3-4,15H2,1-2H3/b19-16+. The molecule has 0 amide bonds. The number of hydrogen-bond acceptors (Lipinski definition) is 1. The highest BCUT2D eigenvalue weighted by molar-refractivity contribution is 6.12. The van der Waals surface area contributed by atoms with Crippen molar-refractivity contribution >= 4 is 11.4 Å². The summed E-state index contributed by atoms with van der Waals surface area (Å²) in [6, 6.07) is 19.7. The maximum absolute atomic E-state index is 12.8. The van der Waals surface area contributed by atoms with Crippen LogP contribution in [0.3, 0.4) is 0 Å². The van der Waals surface area contributed by atoms with Gasteiger partial charge >= 0.3 is 0 Å². The molecular formula is C20H22O. The van der Waals surface area contributed by atoms with Gasteiger partial charge in [0.05, 0.1) is 0 Å². The van der Waals surface area contributed by atoms with Crippen molar-refractivity contribution in [2.75, 3.05) is 0 Å². The van der Waals surface area contributed by atoms with Crippen LogP contribution >= 0.6 is 0 Å². The third-order valence-corrected chi connectivity index (χ3v) is 3.75. The minimum atomic E-state index is 0.158. The van der Waals surface area contributed by atoms with E-state index in [2.05, 4.69) is 26.0 Å². The Balaban J connectivity index is 2.41. The monoisotopic (exact) mass is 278 g/mol. The van der Waals surface area contributed by atoms with Gasteiger partial charge in [0, 0.05) is 11.1 Å². The van der Waals surface area contributed by atoms with E-state index in [0.717, 1.165) is 41.5 Å². The Hall–Kier alpha value is -2.15. The Labute approximate surface area is 127 Å². The second-order valence-corrected chi connectivity index (χ2v) is 5.27. The molecule has 0 aliphatic carbocycles. The molecule has 0 bridgehead atoms. The number of carbonyl (C=O) groups excluding carboxylic acids is 1. The lowest BCUT2D eigenvalue weighted by atomic mass is 9.91. The molecule has 0 spiro atoms. The summed E-state index contributed by atoms with van der Waals surface area (Å²) in [5.74, 6) is 0.158. The fraction of sp³-hybridized carbons (Fsp3) is 0.250. The molecule has 0 aromatic heterocycles. The van der Waals surface area contributed by atoms with Gasteiger partial charge in [-0.15, -0.1) is 0 Å². The molecule has 0 fully saturated rings. The largest absolute Gasteiger partial charge is 0.289 e. The topological polar surface area (TPSA) is 17.1 Å². The second kappa shape index (κ2) is 7.58. The zero-order valence-electron chi connectivity index (χ0n) is 12.8. The summed E-state index contributed by atoms with van der Waals surface area (Å²) in [6.45, 7) is 4.21. The number of ketones is 1. The Kier molecular flexibility index (Phi) is 5.51. The number of carbonyl (C=O) groups is 1. The third-order valence-electron chi connectivity index (χ3n) is 3.75. The summed E-state index contributed by atoms with van der Waals surface area (Å²) in [5, 5.41) is 0. The van der Waals surface area contributed by atoms with Gasteiger partial charge in [0.25, 0.3) is 0 Å². The van der Waals surface area contributed by atoms with Gasteiger partial charge in [-0.2, -0.15) is 0 Å². The summed E-state index contributed by atoms with van der Waals surface area (Å²) < 4.78 is 0. The first kappa shape index (κ1) is 15.2. The Morgan fingerprint density at radius 2 is 1.38 bits per heavy atom. The molecule has 0 N–H and O–H groups in total. The lowest BCUT2D eigenvalue weighted by Crippen LogP contribution is -2.06. The molecule has 2 aromatic carbocycles. The summed E-state index contributed by atoms with van der Waals surface area (Å²) in [7, 11) is 0. The molecule has 0 saturated carbocycles. The molecule has 2 aromatic rings. The van der Waals surface area contributed by atoms with Gasteiger partial charge in [0.15, 0.2) is 5.78 Å². The van der Waals surface area contributed by atoms with E-state index in [-0.39, 0.29) is 5.78 Å². The van der Waals surface area contributed by atoms with E-state index in [1.807, 2.05) is 48.5 Å². The maximum Gasteiger partial charge on any atom is 0.189 e. The van der Waals surface area contributed by atoms with Crippen LogP contribution in [0.5, 0.6) is 0 Å². The minimum Gasteiger partial charge on any atom is -0.289 e. The summed E-state index contributed by atoms with van der Waals surface area (Å²) in [6.07, 6.45) is 2.97. The maximum atomic E-state index is 12.8. The van der Waals surface area contributed by atoms with Crippen molar-refractivity contribution in [3.05, 3.63) is 77.4 Å². The third kappa shape index (κ3) is 3.91. The molecule has 0 aliphatic heterocycles. The highest BCUT2D eigenvalue weighted by Crippen LogP contribution is 2.25. The smallest absolute Gasteiger partial charge is 0.189 e. The van der Waals surface area contributed by atoms with Crippen LogP contribution in [0, 0.1) is 0 Å². The first-order valence-corrected chi connectivity index (χ1v) is 7.59. The number of allylic oxidation sites excluding steroid dienone is 2. The molecule has 0 aliphatic rings. The predicted molar refractivity (Wildman–Crippen MR) is 89.3 cm³/mol. The highest BCUT2D eigenvalue weighted by atomic mass is 16.1. The van der Waals surface area contributed by atoms with Crippen LogP contribution in [0.4, 0.5) is 0 Å². The number of unbranched alkanes of at least 4 members (excludes halogenated alkanes) is 1. The minimum absolute atomic E-state index is 0.158. The average Bonchev–Trinajstić information content (AvgIpc) is 2.56. The van der Waals surface area contributed by atoms with Crippen LogP contribution < -0.4 is 0 Å². The van der Waals surface area contributed by atoms with Crippen molar-refractivity contribution in [2.24, 2.45) is 0 Å². The zero-order valence-corrected chi connectivity index (χ0v) is 12.8. The van der Waals surface area contributed by atoms with Gasteiger partial charge in [0.2, 0.25) is 0 Å². The van der Waals surface area contributed by atoms with Gasteiger partial charge in [-0.05, 0) is 30.9 Å². The van der Waals surface area contributed by atoms with Crippen LogP contribution in [0.1, 0.15) is 49.0 Å². The molecule has 0 saturated heterocycles. The fourth-order valence-electron chi connectivity index (χ4n) is 2.45. The SMILES string of the molecule is CCCC/C(C(=O)c1ccccc1)=C(/C)c1ccccc1. The molecule has 0 unspecified atom stereocenters. The van der Waals surface area contributed by atoms with E-state index >= 15 is 0 Å². The number of Topliss-reactive ketones (excluding diaryl/α,β-unsaturated/α-hetero) is 1. The van der Waals surface area contributed by atoms with Crippen molar-refractivity contribution in [2.45, 2.75) is 33.1 Å². The Morgan fingerprint density at radius 1 is 0.857 bits per heavy atom. The zero-order chi connectivity index (χ0) is 15.1. The van der Waals surface area contributed by atoms with Crippen molar-refractivity contribution in [1.29, 1.82) is 0 Å². The van der Waals surface area contributed by atoms with Crippen LogP contribution in [0.2, 0.25) is 0 Å². The fourth-order valence-corrected chi connectivity index (χ4v) is 2.45. The summed E-state index contributed by atoms with van der Waals surface area (Å²) in [4.78, 5) is 12.8. The van der Waals surface area contributed by atoms with E-state index in [4.69, 9.17) is 0 Å². The normalized spacial score (nSPS) is 11.9. The number of hydrogen-bond donors (Lipinski definition) is 0. The second-order valence-electron chi connectivity index (χ2n) is 5.27. The molecular weight excluding hydrogens is 256 g/mol. The van der Waals surface area contributed by atoms with Gasteiger partial charge in [-0.25, -0.2) is 0 Å². The van der Waals surface area contributed by atoms with Crippen LogP contribution in [-0.2, 0) is 0 Å². The molecule has 0 atom stereocenters. The van der Waals surface area contributed by atoms with Gasteiger partial charge in [-0.1, -0.05) is 74.0 Å². The Bertz CT molecular complexity index is 609. The van der Waals surface area contributed by atoms with E-state index in [0.29, 0.717) is 0 Å². The van der Waals surface area contributed by atoms with Gasteiger partial charge in [-0.3, -0.25) is 4.79 Å². The molecule has 108 valence electrons. The van der Waals surface area contributed by atoms with Crippen molar-refractivity contribution in [1.82, 2.24) is 0 Å². The summed E-state index contributed by atoms with van der Waals surface area (Å²) >= 11 is 0. The van der Waals surface area contributed by atoms with Crippen LogP contribution in [0.15, 0.2) is 66.2 Å². The lowest BCUT2D eigenvalue weighted by Gasteiger charge is -2.12. The average molecular weight is 278 g/mol. The molecule has 1 nitrogen and oxygen atoms in total. The van der Waals surface area contributed by atoms with Crippen molar-refractivity contribution in [3.8, 4) is 0 Å². The molecule has 21 heavy (non-hydrogen) atoms. The first-order chi connectivity index (χ1) is 10.2.